The normalized spacial score (nSPS) is 23.2. The van der Waals surface area contributed by atoms with Crippen LogP contribution in [0.5, 0.6) is 0 Å². The molecule has 0 aliphatic carbocycles. The Morgan fingerprint density at radius 1 is 1.20 bits per heavy atom. The third kappa shape index (κ3) is 2.00. The van der Waals surface area contributed by atoms with Crippen LogP contribution in [0.3, 0.4) is 0 Å². The summed E-state index contributed by atoms with van der Waals surface area (Å²) in [6, 6.07) is 8.42. The largest absolute Gasteiger partial charge is 0.469 e. The second-order valence-electron chi connectivity index (χ2n) is 7.67. The van der Waals surface area contributed by atoms with Crippen molar-refractivity contribution in [3.63, 3.8) is 0 Å². The minimum absolute atomic E-state index is 0.118. The van der Waals surface area contributed by atoms with Gasteiger partial charge in [0.2, 0.25) is 5.91 Å². The zero-order valence-corrected chi connectivity index (χ0v) is 14.9. The van der Waals surface area contributed by atoms with Crippen LogP contribution >= 0.6 is 0 Å². The topological polar surface area (TPSA) is 38.4 Å². The molecule has 0 bridgehead atoms. The van der Waals surface area contributed by atoms with Gasteiger partial charge >= 0.3 is 0 Å². The van der Waals surface area contributed by atoms with Crippen LogP contribution in [0, 0.1) is 13.8 Å². The molecule has 0 spiro atoms. The van der Waals surface area contributed by atoms with E-state index in [2.05, 4.69) is 37.1 Å². The number of likely N-dealkylation sites (N-methyl/N-ethyl adjacent to an activating group) is 1. The van der Waals surface area contributed by atoms with Crippen LogP contribution in [0.4, 0.5) is 0 Å². The van der Waals surface area contributed by atoms with Gasteiger partial charge in [-0.2, -0.15) is 0 Å². The average molecular weight is 334 g/mol. The molecule has 4 heteroatoms. The summed E-state index contributed by atoms with van der Waals surface area (Å²) < 4.78 is 7.51. The quantitative estimate of drug-likeness (QED) is 0.669. The van der Waals surface area contributed by atoms with E-state index < -0.39 is 0 Å². The Bertz CT molecular complexity index is 1010. The molecule has 2 aromatic heterocycles. The first-order valence-electron chi connectivity index (χ1n) is 8.95. The summed E-state index contributed by atoms with van der Waals surface area (Å²) in [5.74, 6) is 1.32. The Morgan fingerprint density at radius 3 is 2.80 bits per heavy atom. The van der Waals surface area contributed by atoms with Crippen molar-refractivity contribution in [2.24, 2.45) is 0 Å². The van der Waals surface area contributed by atoms with E-state index in [1.807, 2.05) is 17.6 Å². The zero-order chi connectivity index (χ0) is 17.3. The number of aryl methyl sites for hydroxylation is 2. The lowest BCUT2D eigenvalue weighted by atomic mass is 9.80. The van der Waals surface area contributed by atoms with Gasteiger partial charge in [-0.25, -0.2) is 0 Å². The molecule has 2 aliphatic heterocycles. The minimum Gasteiger partial charge on any atom is -0.469 e. The second-order valence-corrected chi connectivity index (χ2v) is 7.67. The zero-order valence-electron chi connectivity index (χ0n) is 14.9. The molecule has 5 rings (SSSR count). The number of nitrogens with zero attached hydrogens (tertiary/aromatic N) is 2. The number of aromatic nitrogens is 1. The Labute approximate surface area is 147 Å². The minimum atomic E-state index is -0.118. The van der Waals surface area contributed by atoms with Crippen LogP contribution in [-0.4, -0.2) is 29.0 Å². The SMILES string of the molecule is Cc1ccc2c(c1)c1c3n2C(=O)C(c2ccoc2C)CC3CN(C)C1. The van der Waals surface area contributed by atoms with Gasteiger partial charge in [0.1, 0.15) is 5.76 Å². The fourth-order valence-electron chi connectivity index (χ4n) is 4.86. The van der Waals surface area contributed by atoms with E-state index in [1.165, 1.54) is 22.2 Å². The van der Waals surface area contributed by atoms with Gasteiger partial charge in [0.15, 0.2) is 0 Å². The van der Waals surface area contributed by atoms with Gasteiger partial charge in [-0.1, -0.05) is 11.6 Å². The summed E-state index contributed by atoms with van der Waals surface area (Å²) in [5, 5.41) is 1.24. The number of hydrogen-bond acceptors (Lipinski definition) is 3. The molecule has 128 valence electrons. The van der Waals surface area contributed by atoms with Crippen molar-refractivity contribution in [3.8, 4) is 0 Å². The fourth-order valence-corrected chi connectivity index (χ4v) is 4.86. The van der Waals surface area contributed by atoms with Crippen molar-refractivity contribution >= 4 is 16.8 Å². The van der Waals surface area contributed by atoms with Gasteiger partial charge in [0, 0.05) is 35.7 Å². The van der Waals surface area contributed by atoms with Gasteiger partial charge in [0.05, 0.1) is 17.7 Å². The summed E-state index contributed by atoms with van der Waals surface area (Å²) in [7, 11) is 2.18. The van der Waals surface area contributed by atoms with Crippen LogP contribution in [0.25, 0.3) is 10.9 Å². The standard InChI is InChI=1S/C21H22N2O2/c1-12-4-5-19-16(8-12)18-11-22(3)10-14-9-17(15-6-7-25-13(15)2)21(24)23(19)20(14)18/h4-8,14,17H,9-11H2,1-3H3. The first kappa shape index (κ1) is 15.0. The highest BCUT2D eigenvalue weighted by Gasteiger charge is 2.41. The maximum absolute atomic E-state index is 13.5. The van der Waals surface area contributed by atoms with Gasteiger partial charge in [-0.3, -0.25) is 9.36 Å². The lowest BCUT2D eigenvalue weighted by Crippen LogP contribution is -2.38. The summed E-state index contributed by atoms with van der Waals surface area (Å²) in [4.78, 5) is 15.8. The molecule has 0 amide bonds. The van der Waals surface area contributed by atoms with Crippen LogP contribution < -0.4 is 0 Å². The van der Waals surface area contributed by atoms with Crippen LogP contribution in [0.15, 0.2) is 34.9 Å². The number of hydrogen-bond donors (Lipinski definition) is 0. The molecule has 25 heavy (non-hydrogen) atoms. The summed E-state index contributed by atoms with van der Waals surface area (Å²) in [5.41, 5.74) is 5.94. The monoisotopic (exact) mass is 334 g/mol. The number of carbonyl (C=O) groups excluding carboxylic acids is 1. The summed E-state index contributed by atoms with van der Waals surface area (Å²) in [6.07, 6.45) is 2.56. The van der Waals surface area contributed by atoms with E-state index in [9.17, 15) is 4.79 Å². The number of benzene rings is 1. The van der Waals surface area contributed by atoms with Crippen LogP contribution in [0.2, 0.25) is 0 Å². The smallest absolute Gasteiger partial charge is 0.239 e. The van der Waals surface area contributed by atoms with Gasteiger partial charge in [-0.05, 0) is 51.1 Å². The summed E-state index contributed by atoms with van der Waals surface area (Å²) in [6.45, 7) is 5.99. The maximum atomic E-state index is 13.5. The number of carbonyl (C=O) groups is 1. The molecule has 2 unspecified atom stereocenters. The Kier molecular flexibility index (Phi) is 3.04. The first-order valence-corrected chi connectivity index (χ1v) is 8.95. The van der Waals surface area contributed by atoms with Crippen LogP contribution in [0.1, 0.15) is 51.2 Å². The van der Waals surface area contributed by atoms with E-state index in [0.29, 0.717) is 5.92 Å². The molecule has 0 saturated heterocycles. The maximum Gasteiger partial charge on any atom is 0.239 e. The number of furan rings is 1. The molecule has 4 heterocycles. The molecule has 4 nitrogen and oxygen atoms in total. The Morgan fingerprint density at radius 2 is 2.04 bits per heavy atom. The third-order valence-corrected chi connectivity index (χ3v) is 5.93. The lowest BCUT2D eigenvalue weighted by molar-refractivity contribution is 0.0833. The van der Waals surface area contributed by atoms with E-state index in [1.54, 1.807) is 6.26 Å². The van der Waals surface area contributed by atoms with E-state index in [0.717, 1.165) is 36.4 Å². The summed E-state index contributed by atoms with van der Waals surface area (Å²) >= 11 is 0. The predicted molar refractivity (Wildman–Crippen MR) is 97.2 cm³/mol. The molecule has 0 N–H and O–H groups in total. The number of rotatable bonds is 1. The molecule has 0 fully saturated rings. The van der Waals surface area contributed by atoms with Gasteiger partial charge in [-0.15, -0.1) is 0 Å². The first-order chi connectivity index (χ1) is 12.0. The number of fused-ring (bicyclic) bond motifs is 3. The van der Waals surface area contributed by atoms with E-state index in [4.69, 9.17) is 4.42 Å². The highest BCUT2D eigenvalue weighted by molar-refractivity contribution is 6.00. The third-order valence-electron chi connectivity index (χ3n) is 5.93. The molecule has 0 saturated carbocycles. The molecular weight excluding hydrogens is 312 g/mol. The van der Waals surface area contributed by atoms with E-state index in [-0.39, 0.29) is 11.8 Å². The van der Waals surface area contributed by atoms with Crippen LogP contribution in [-0.2, 0) is 6.54 Å². The molecule has 2 atom stereocenters. The van der Waals surface area contributed by atoms with Crippen molar-refractivity contribution in [1.82, 2.24) is 9.47 Å². The lowest BCUT2D eigenvalue weighted by Gasteiger charge is -2.37. The van der Waals surface area contributed by atoms with Crippen molar-refractivity contribution < 1.29 is 9.21 Å². The van der Waals surface area contributed by atoms with Crippen molar-refractivity contribution in [1.29, 1.82) is 0 Å². The molecular formula is C21H22N2O2. The highest BCUT2D eigenvalue weighted by atomic mass is 16.3. The van der Waals surface area contributed by atoms with E-state index >= 15 is 0 Å². The molecule has 0 radical (unpaired) electrons. The van der Waals surface area contributed by atoms with Crippen molar-refractivity contribution in [2.45, 2.75) is 38.6 Å². The molecule has 2 aliphatic rings. The molecule has 1 aromatic carbocycles. The van der Waals surface area contributed by atoms with Gasteiger partial charge < -0.3 is 9.32 Å². The second kappa shape index (κ2) is 5.09. The predicted octanol–water partition coefficient (Wildman–Crippen LogP) is 4.21. The Hall–Kier alpha value is -2.33. The highest BCUT2D eigenvalue weighted by Crippen LogP contribution is 2.45. The molecule has 3 aromatic rings. The fraction of sp³-hybridized carbons (Fsp3) is 0.381. The Balaban J connectivity index is 1.79. The van der Waals surface area contributed by atoms with Crippen molar-refractivity contribution in [3.05, 3.63) is 58.7 Å². The average Bonchev–Trinajstić information content (AvgIpc) is 3.13. The van der Waals surface area contributed by atoms with Gasteiger partial charge in [0.25, 0.3) is 0 Å². The van der Waals surface area contributed by atoms with Crippen molar-refractivity contribution in [2.75, 3.05) is 13.6 Å².